The van der Waals surface area contributed by atoms with Crippen LogP contribution in [0.3, 0.4) is 0 Å². The van der Waals surface area contributed by atoms with Crippen LogP contribution >= 0.6 is 11.6 Å². The minimum atomic E-state index is 0.270. The molecule has 18 heavy (non-hydrogen) atoms. The van der Waals surface area contributed by atoms with Gasteiger partial charge < -0.3 is 15.5 Å². The molecule has 0 spiro atoms. The van der Waals surface area contributed by atoms with E-state index in [4.69, 9.17) is 17.3 Å². The van der Waals surface area contributed by atoms with Gasteiger partial charge in [0.15, 0.2) is 5.82 Å². The van der Waals surface area contributed by atoms with Crippen molar-refractivity contribution < 1.29 is 0 Å². The molecule has 2 rings (SSSR count). The minimum absolute atomic E-state index is 0.270. The molecule has 1 aliphatic rings. The first-order valence-corrected chi connectivity index (χ1v) is 6.58. The molecule has 0 atom stereocenters. The van der Waals surface area contributed by atoms with Crippen molar-refractivity contribution in [2.75, 3.05) is 37.8 Å². The lowest BCUT2D eigenvalue weighted by molar-refractivity contribution is 0.249. The summed E-state index contributed by atoms with van der Waals surface area (Å²) in [6, 6.07) is 0.640. The molecule has 0 unspecified atom stereocenters. The highest BCUT2D eigenvalue weighted by molar-refractivity contribution is 6.28. The van der Waals surface area contributed by atoms with E-state index in [1.807, 2.05) is 6.92 Å². The molecule has 1 aliphatic heterocycles. The highest BCUT2D eigenvalue weighted by atomic mass is 35.5. The summed E-state index contributed by atoms with van der Waals surface area (Å²) in [6.45, 7) is 3.78. The van der Waals surface area contributed by atoms with Crippen molar-refractivity contribution in [3.05, 3.63) is 11.0 Å². The van der Waals surface area contributed by atoms with Crippen molar-refractivity contribution >= 4 is 23.1 Å². The van der Waals surface area contributed by atoms with Gasteiger partial charge in [0.2, 0.25) is 5.28 Å². The van der Waals surface area contributed by atoms with E-state index in [0.717, 1.165) is 37.4 Å². The summed E-state index contributed by atoms with van der Waals surface area (Å²) in [5.41, 5.74) is 7.43. The number of aryl methyl sites for hydroxylation is 1. The van der Waals surface area contributed by atoms with E-state index in [1.54, 1.807) is 0 Å². The highest BCUT2D eigenvalue weighted by Crippen LogP contribution is 2.27. The third kappa shape index (κ3) is 2.67. The molecule has 1 aromatic heterocycles. The van der Waals surface area contributed by atoms with Crippen LogP contribution in [0.1, 0.15) is 18.5 Å². The number of nitrogens with zero attached hydrogens (tertiary/aromatic N) is 4. The van der Waals surface area contributed by atoms with E-state index in [0.29, 0.717) is 11.7 Å². The van der Waals surface area contributed by atoms with Crippen LogP contribution in [0.5, 0.6) is 0 Å². The average Bonchev–Trinajstić information content (AvgIpc) is 2.34. The Morgan fingerprint density at radius 3 is 2.44 bits per heavy atom. The van der Waals surface area contributed by atoms with E-state index in [1.165, 1.54) is 0 Å². The molecule has 2 N–H and O–H groups in total. The molecule has 0 aromatic carbocycles. The minimum Gasteiger partial charge on any atom is -0.394 e. The molecule has 0 bridgehead atoms. The third-order valence-corrected chi connectivity index (χ3v) is 3.75. The van der Waals surface area contributed by atoms with Crippen LogP contribution in [0.15, 0.2) is 0 Å². The highest BCUT2D eigenvalue weighted by Gasteiger charge is 2.23. The number of piperidine rings is 1. The molecule has 0 saturated carbocycles. The van der Waals surface area contributed by atoms with Crippen LogP contribution in [0.2, 0.25) is 5.28 Å². The molecule has 0 aliphatic carbocycles. The van der Waals surface area contributed by atoms with E-state index in [-0.39, 0.29) is 5.28 Å². The number of nitrogens with two attached hydrogens (primary N) is 1. The summed E-state index contributed by atoms with van der Waals surface area (Å²) in [5, 5.41) is 0.270. The van der Waals surface area contributed by atoms with Gasteiger partial charge in [-0.15, -0.1) is 0 Å². The first-order valence-electron chi connectivity index (χ1n) is 6.20. The van der Waals surface area contributed by atoms with Gasteiger partial charge in [-0.1, -0.05) is 0 Å². The van der Waals surface area contributed by atoms with Crippen LogP contribution in [0.4, 0.5) is 11.5 Å². The van der Waals surface area contributed by atoms with Crippen molar-refractivity contribution in [1.82, 2.24) is 14.9 Å². The molecule has 100 valence electrons. The fourth-order valence-electron chi connectivity index (χ4n) is 2.37. The fraction of sp³-hybridized carbons (Fsp3) is 0.667. The molecule has 0 radical (unpaired) electrons. The molecule has 1 fully saturated rings. The number of hydrogen-bond donors (Lipinski definition) is 1. The van der Waals surface area contributed by atoms with E-state index in [9.17, 15) is 0 Å². The molecule has 5 nitrogen and oxygen atoms in total. The quantitative estimate of drug-likeness (QED) is 0.826. The van der Waals surface area contributed by atoms with Crippen LogP contribution in [0.25, 0.3) is 0 Å². The molecular weight excluding hydrogens is 250 g/mol. The zero-order chi connectivity index (χ0) is 13.3. The predicted octanol–water partition coefficient (Wildman–Crippen LogP) is 1.55. The summed E-state index contributed by atoms with van der Waals surface area (Å²) in [7, 11) is 4.25. The van der Waals surface area contributed by atoms with Crippen LogP contribution < -0.4 is 10.6 Å². The topological polar surface area (TPSA) is 58.3 Å². The molecule has 2 heterocycles. The van der Waals surface area contributed by atoms with Gasteiger partial charge in [0.05, 0.1) is 11.4 Å². The Kier molecular flexibility index (Phi) is 3.92. The third-order valence-electron chi connectivity index (χ3n) is 3.58. The Bertz CT molecular complexity index is 427. The van der Waals surface area contributed by atoms with Crippen molar-refractivity contribution in [3.63, 3.8) is 0 Å². The molecular formula is C12H20ClN5. The van der Waals surface area contributed by atoms with Gasteiger partial charge in [0.25, 0.3) is 0 Å². The monoisotopic (exact) mass is 269 g/mol. The second-order valence-corrected chi connectivity index (χ2v) is 5.34. The van der Waals surface area contributed by atoms with Gasteiger partial charge in [0, 0.05) is 19.1 Å². The lowest BCUT2D eigenvalue weighted by Crippen LogP contribution is -2.42. The molecule has 0 amide bonds. The van der Waals surface area contributed by atoms with Crippen LogP contribution in [-0.4, -0.2) is 48.1 Å². The lowest BCUT2D eigenvalue weighted by atomic mass is 10.0. The van der Waals surface area contributed by atoms with Gasteiger partial charge in [-0.3, -0.25) is 0 Å². The number of hydrogen-bond acceptors (Lipinski definition) is 5. The Morgan fingerprint density at radius 2 is 1.89 bits per heavy atom. The van der Waals surface area contributed by atoms with Gasteiger partial charge in [-0.2, -0.15) is 4.98 Å². The largest absolute Gasteiger partial charge is 0.394 e. The Hall–Kier alpha value is -1.07. The van der Waals surface area contributed by atoms with Gasteiger partial charge in [0.1, 0.15) is 0 Å². The molecule has 1 aromatic rings. The van der Waals surface area contributed by atoms with E-state index >= 15 is 0 Å². The Morgan fingerprint density at radius 1 is 1.28 bits per heavy atom. The maximum absolute atomic E-state index is 6.04. The smallest absolute Gasteiger partial charge is 0.224 e. The average molecular weight is 270 g/mol. The van der Waals surface area contributed by atoms with Crippen molar-refractivity contribution in [2.24, 2.45) is 0 Å². The number of anilines is 2. The summed E-state index contributed by atoms with van der Waals surface area (Å²) < 4.78 is 0. The van der Waals surface area contributed by atoms with E-state index in [2.05, 4.69) is 33.9 Å². The fourth-order valence-corrected chi connectivity index (χ4v) is 2.57. The first kappa shape index (κ1) is 13.4. The maximum atomic E-state index is 6.04. The number of nitrogen functional groups attached to an aromatic ring is 1. The van der Waals surface area contributed by atoms with Crippen LogP contribution in [-0.2, 0) is 0 Å². The number of aromatic nitrogens is 2. The van der Waals surface area contributed by atoms with Crippen molar-refractivity contribution in [3.8, 4) is 0 Å². The number of rotatable bonds is 2. The summed E-state index contributed by atoms with van der Waals surface area (Å²) in [4.78, 5) is 12.8. The SMILES string of the molecule is Cc1nc(Cl)nc(N2CCC(N(C)C)CC2)c1N. The molecule has 1 saturated heterocycles. The molecule has 6 heteroatoms. The lowest BCUT2D eigenvalue weighted by Gasteiger charge is -2.36. The second kappa shape index (κ2) is 5.28. The normalized spacial score (nSPS) is 17.5. The van der Waals surface area contributed by atoms with Crippen molar-refractivity contribution in [1.29, 1.82) is 0 Å². The summed E-state index contributed by atoms with van der Waals surface area (Å²) in [5.74, 6) is 0.782. The van der Waals surface area contributed by atoms with E-state index < -0.39 is 0 Å². The first-order chi connectivity index (χ1) is 8.49. The number of halogens is 1. The summed E-state index contributed by atoms with van der Waals surface area (Å²) >= 11 is 5.91. The van der Waals surface area contributed by atoms with Crippen LogP contribution in [0, 0.1) is 6.92 Å². The van der Waals surface area contributed by atoms with Gasteiger partial charge in [-0.25, -0.2) is 4.98 Å². The predicted molar refractivity (Wildman–Crippen MR) is 75.1 cm³/mol. The second-order valence-electron chi connectivity index (χ2n) is 5.00. The maximum Gasteiger partial charge on any atom is 0.224 e. The zero-order valence-electron chi connectivity index (χ0n) is 11.1. The van der Waals surface area contributed by atoms with Gasteiger partial charge in [-0.05, 0) is 45.5 Å². The standard InChI is InChI=1S/C12H20ClN5/c1-8-10(14)11(16-12(13)15-8)18-6-4-9(5-7-18)17(2)3/h9H,4-7,14H2,1-3H3. The van der Waals surface area contributed by atoms with Gasteiger partial charge >= 0.3 is 0 Å². The Balaban J connectivity index is 2.15. The van der Waals surface area contributed by atoms with Crippen molar-refractivity contribution in [2.45, 2.75) is 25.8 Å². The zero-order valence-corrected chi connectivity index (χ0v) is 11.9. The summed E-state index contributed by atoms with van der Waals surface area (Å²) in [6.07, 6.45) is 2.24. The Labute approximate surface area is 113 Å².